The van der Waals surface area contributed by atoms with Gasteiger partial charge < -0.3 is 19.9 Å². The molecule has 0 fully saturated rings. The summed E-state index contributed by atoms with van der Waals surface area (Å²) >= 11 is 0. The molecule has 0 radical (unpaired) electrons. The molecule has 7 aromatic rings. The van der Waals surface area contributed by atoms with E-state index in [2.05, 4.69) is 20.3 Å². The number of ether oxygens (including phenoxy) is 3. The Morgan fingerprint density at radius 1 is 0.736 bits per heavy atom. The number of rotatable bonds is 13. The number of anilines is 1. The van der Waals surface area contributed by atoms with Gasteiger partial charge in [-0.05, 0) is 81.6 Å². The quantitative estimate of drug-likeness (QED) is 0.148. The number of sulfonamides is 1. The number of methoxy groups -OCH3 is 3. The van der Waals surface area contributed by atoms with Crippen LogP contribution in [0.2, 0.25) is 0 Å². The van der Waals surface area contributed by atoms with Gasteiger partial charge in [-0.25, -0.2) is 18.4 Å². The van der Waals surface area contributed by atoms with Crippen molar-refractivity contribution in [3.8, 4) is 39.8 Å². The highest BCUT2D eigenvalue weighted by Crippen LogP contribution is 2.38. The molecule has 0 saturated heterocycles. The molecule has 0 unspecified atom stereocenters. The van der Waals surface area contributed by atoms with Crippen molar-refractivity contribution in [2.24, 2.45) is 0 Å². The summed E-state index contributed by atoms with van der Waals surface area (Å²) in [6.07, 6.45) is 1.64. The lowest BCUT2D eigenvalue weighted by atomic mass is 9.98. The highest BCUT2D eigenvalue weighted by Gasteiger charge is 2.31. The Hall–Kier alpha value is -6.38. The number of nitrogens with zero attached hydrogens (tertiary/aromatic N) is 7. The number of hydrogen-bond acceptors (Lipinski definition) is 11. The molecule has 13 nitrogen and oxygen atoms in total. The predicted octanol–water partition coefficient (Wildman–Crippen LogP) is 6.00. The van der Waals surface area contributed by atoms with E-state index in [9.17, 15) is 0 Å². The zero-order valence-corrected chi connectivity index (χ0v) is 30.1. The normalized spacial score (nSPS) is 11.5. The highest BCUT2D eigenvalue weighted by molar-refractivity contribution is 7.89. The second-order valence-corrected chi connectivity index (χ2v) is 14.0. The number of tetrazole rings is 1. The van der Waals surface area contributed by atoms with E-state index in [4.69, 9.17) is 25.0 Å². The van der Waals surface area contributed by atoms with Crippen molar-refractivity contribution in [1.82, 2.24) is 34.5 Å². The van der Waals surface area contributed by atoms with Crippen molar-refractivity contribution in [1.29, 1.82) is 0 Å². The Balaban J connectivity index is 1.37. The molecular weight excluding hydrogens is 693 g/mol. The minimum atomic E-state index is -4.25. The molecule has 53 heavy (non-hydrogen) atoms. The first kappa shape index (κ1) is 35.0. The lowest BCUT2D eigenvalue weighted by Crippen LogP contribution is -2.31. The van der Waals surface area contributed by atoms with Crippen molar-refractivity contribution in [3.63, 3.8) is 0 Å². The van der Waals surface area contributed by atoms with Crippen LogP contribution in [0.15, 0.2) is 120 Å². The number of hydrogen-bond donors (Lipinski definition) is 1. The summed E-state index contributed by atoms with van der Waals surface area (Å²) < 4.78 is 47.7. The Morgan fingerprint density at radius 3 is 1.91 bits per heavy atom. The summed E-state index contributed by atoms with van der Waals surface area (Å²) in [5.74, 6) is 2.32. The van der Waals surface area contributed by atoms with E-state index in [0.717, 1.165) is 27.8 Å². The maximum atomic E-state index is 15.1. The van der Waals surface area contributed by atoms with Crippen LogP contribution in [0.5, 0.6) is 17.2 Å². The average Bonchev–Trinajstić information content (AvgIpc) is 3.66. The van der Waals surface area contributed by atoms with Crippen molar-refractivity contribution in [3.05, 3.63) is 132 Å². The van der Waals surface area contributed by atoms with Gasteiger partial charge in [-0.1, -0.05) is 60.7 Å². The van der Waals surface area contributed by atoms with E-state index in [1.54, 1.807) is 63.9 Å². The van der Waals surface area contributed by atoms with Crippen molar-refractivity contribution in [2.75, 3.05) is 27.1 Å². The van der Waals surface area contributed by atoms with Crippen LogP contribution in [0.25, 0.3) is 33.4 Å². The van der Waals surface area contributed by atoms with E-state index in [0.29, 0.717) is 40.3 Å². The van der Waals surface area contributed by atoms with Crippen molar-refractivity contribution >= 4 is 26.9 Å². The summed E-state index contributed by atoms with van der Waals surface area (Å²) in [4.78, 5) is 9.97. The monoisotopic (exact) mass is 728 g/mol. The summed E-state index contributed by atoms with van der Waals surface area (Å²) in [7, 11) is 0.529. The molecule has 2 N–H and O–H groups in total. The van der Waals surface area contributed by atoms with E-state index in [1.165, 1.54) is 9.10 Å². The van der Waals surface area contributed by atoms with Crippen LogP contribution < -0.4 is 19.9 Å². The van der Waals surface area contributed by atoms with Crippen LogP contribution in [-0.2, 0) is 29.7 Å². The fraction of sp³-hybridized carbons (Fsp3) is 0.154. The van der Waals surface area contributed by atoms with E-state index in [-0.39, 0.29) is 29.8 Å². The smallest absolute Gasteiger partial charge is 0.244 e. The molecule has 0 aliphatic rings. The van der Waals surface area contributed by atoms with E-state index >= 15 is 8.42 Å². The van der Waals surface area contributed by atoms with Gasteiger partial charge in [0.05, 0.1) is 43.8 Å². The molecule has 2 heterocycles. The number of benzene rings is 5. The van der Waals surface area contributed by atoms with Crippen LogP contribution in [0.1, 0.15) is 16.7 Å². The standard InChI is InChI=1S/C39H36N8O5S/c1-50-31-15-7-26(8-16-31)23-46(24-27-9-17-32(51-2)18-10-27)53(48,49)36-6-4-5-34(29-13-14-30-22-41-39(40)42-35(30)21-29)37(36)38-43-45-47(44-38)25-28-11-19-33(52-3)20-12-28/h4-22H,23-25H2,1-3H3,(H2,40,41,42). The SMILES string of the molecule is COc1ccc(CN(Cc2ccc(OC)cc2)S(=O)(=O)c2cccc(-c3ccc4cnc(N)nc4c3)c2-c2nnn(Cc3ccc(OC)cc3)n2)cc1. The molecule has 0 amide bonds. The first-order valence-electron chi connectivity index (χ1n) is 16.6. The predicted molar refractivity (Wildman–Crippen MR) is 201 cm³/mol. The number of nitrogen functional groups attached to an aromatic ring is 1. The van der Waals surface area contributed by atoms with Crippen LogP contribution in [-0.4, -0.2) is 64.2 Å². The molecule has 268 valence electrons. The minimum Gasteiger partial charge on any atom is -0.497 e. The Kier molecular flexibility index (Phi) is 9.97. The highest BCUT2D eigenvalue weighted by atomic mass is 32.2. The molecule has 0 aliphatic heterocycles. The molecule has 0 bridgehead atoms. The molecule has 7 rings (SSSR count). The second-order valence-electron chi connectivity index (χ2n) is 12.1. The fourth-order valence-electron chi connectivity index (χ4n) is 5.96. The molecular formula is C39H36N8O5S. The number of nitrogens with two attached hydrogens (primary N) is 1. The van der Waals surface area contributed by atoms with Gasteiger partial charge in [-0.15, -0.1) is 10.2 Å². The van der Waals surface area contributed by atoms with Gasteiger partial charge in [0.2, 0.25) is 21.8 Å². The van der Waals surface area contributed by atoms with Crippen LogP contribution in [0.4, 0.5) is 5.95 Å². The zero-order chi connectivity index (χ0) is 37.0. The molecule has 5 aromatic carbocycles. The van der Waals surface area contributed by atoms with Crippen LogP contribution in [0.3, 0.4) is 0 Å². The topological polar surface area (TPSA) is 160 Å². The van der Waals surface area contributed by atoms with Gasteiger partial charge in [-0.3, -0.25) is 0 Å². The lowest BCUT2D eigenvalue weighted by Gasteiger charge is -2.24. The third-order valence-corrected chi connectivity index (χ3v) is 10.6. The third kappa shape index (κ3) is 7.64. The summed E-state index contributed by atoms with van der Waals surface area (Å²) in [6.45, 7) is 0.450. The molecule has 0 saturated carbocycles. The Bertz CT molecular complexity index is 2420. The van der Waals surface area contributed by atoms with Gasteiger partial charge in [0.15, 0.2) is 0 Å². The largest absolute Gasteiger partial charge is 0.497 e. The summed E-state index contributed by atoms with van der Waals surface area (Å²) in [6, 6.07) is 32.9. The lowest BCUT2D eigenvalue weighted by molar-refractivity contribution is 0.398. The third-order valence-electron chi connectivity index (χ3n) is 8.75. The van der Waals surface area contributed by atoms with Gasteiger partial charge in [0, 0.05) is 24.7 Å². The van der Waals surface area contributed by atoms with Gasteiger partial charge in [-0.2, -0.15) is 9.10 Å². The Labute approximate surface area is 306 Å². The number of fused-ring (bicyclic) bond motifs is 1. The summed E-state index contributed by atoms with van der Waals surface area (Å²) in [5, 5.41) is 14.3. The second kappa shape index (κ2) is 15.1. The molecule has 0 aliphatic carbocycles. The van der Waals surface area contributed by atoms with Crippen LogP contribution in [0, 0.1) is 0 Å². The van der Waals surface area contributed by atoms with Crippen molar-refractivity contribution < 1.29 is 22.6 Å². The van der Waals surface area contributed by atoms with E-state index < -0.39 is 10.0 Å². The maximum absolute atomic E-state index is 15.1. The van der Waals surface area contributed by atoms with Crippen LogP contribution >= 0.6 is 0 Å². The van der Waals surface area contributed by atoms with Gasteiger partial charge >= 0.3 is 0 Å². The maximum Gasteiger partial charge on any atom is 0.244 e. The van der Waals surface area contributed by atoms with E-state index in [1.807, 2.05) is 72.8 Å². The molecule has 14 heteroatoms. The first-order valence-corrected chi connectivity index (χ1v) is 18.0. The van der Waals surface area contributed by atoms with Gasteiger partial charge in [0.1, 0.15) is 17.2 Å². The fourth-order valence-corrected chi connectivity index (χ4v) is 7.59. The molecule has 2 aromatic heterocycles. The molecule has 0 spiro atoms. The van der Waals surface area contributed by atoms with Gasteiger partial charge in [0.25, 0.3) is 0 Å². The first-order chi connectivity index (χ1) is 25.7. The average molecular weight is 729 g/mol. The zero-order valence-electron chi connectivity index (χ0n) is 29.2. The minimum absolute atomic E-state index is 0.0170. The van der Waals surface area contributed by atoms with Crippen molar-refractivity contribution in [2.45, 2.75) is 24.5 Å². The number of aromatic nitrogens is 6. The summed E-state index contributed by atoms with van der Waals surface area (Å²) in [5.41, 5.74) is 10.5. The molecule has 0 atom stereocenters. The Morgan fingerprint density at radius 2 is 1.32 bits per heavy atom.